The van der Waals surface area contributed by atoms with Crippen LogP contribution in [0.4, 0.5) is 5.69 Å². The predicted octanol–water partition coefficient (Wildman–Crippen LogP) is 6.06. The second-order valence-electron chi connectivity index (χ2n) is 7.51. The number of anilines is 1. The predicted molar refractivity (Wildman–Crippen MR) is 135 cm³/mol. The minimum atomic E-state index is -0.155. The summed E-state index contributed by atoms with van der Waals surface area (Å²) < 4.78 is 12.0. The number of rotatable bonds is 7. The minimum Gasteiger partial charge on any atom is -0.497 e. The number of amides is 1. The highest BCUT2D eigenvalue weighted by molar-refractivity contribution is 7.99. The molecule has 5 rings (SSSR count). The van der Waals surface area contributed by atoms with Crippen molar-refractivity contribution in [2.45, 2.75) is 12.1 Å². The first-order valence-corrected chi connectivity index (χ1v) is 12.3. The van der Waals surface area contributed by atoms with Crippen molar-refractivity contribution < 1.29 is 13.9 Å². The van der Waals surface area contributed by atoms with Gasteiger partial charge in [0.05, 0.1) is 23.1 Å². The number of fused-ring (bicyclic) bond motifs is 1. The fourth-order valence-electron chi connectivity index (χ4n) is 3.29. The molecule has 0 unspecified atom stereocenters. The molecule has 3 aromatic carbocycles. The summed E-state index contributed by atoms with van der Waals surface area (Å²) in [5.74, 6) is 1.14. The van der Waals surface area contributed by atoms with Gasteiger partial charge in [-0.3, -0.25) is 4.79 Å². The SMILES string of the molecule is COc1ccc(-c2nnc(SCC(=O)Nc3ccc(-c4nc5ccc(C)cc5s4)cc3)o2)cc1. The zero-order valence-corrected chi connectivity index (χ0v) is 20.1. The molecule has 0 saturated heterocycles. The van der Waals surface area contributed by atoms with E-state index in [0.717, 1.165) is 33.1 Å². The molecule has 9 heteroatoms. The number of carbonyl (C=O) groups excluding carboxylic acids is 1. The van der Waals surface area contributed by atoms with E-state index in [4.69, 9.17) is 14.1 Å². The van der Waals surface area contributed by atoms with E-state index < -0.39 is 0 Å². The molecule has 170 valence electrons. The molecule has 7 nitrogen and oxygen atoms in total. The molecule has 0 fully saturated rings. The Kier molecular flexibility index (Phi) is 6.29. The van der Waals surface area contributed by atoms with E-state index in [1.807, 2.05) is 54.6 Å². The number of benzene rings is 3. The van der Waals surface area contributed by atoms with E-state index in [2.05, 4.69) is 34.6 Å². The number of aromatic nitrogens is 3. The maximum Gasteiger partial charge on any atom is 0.277 e. The number of methoxy groups -OCH3 is 1. The largest absolute Gasteiger partial charge is 0.497 e. The lowest BCUT2D eigenvalue weighted by Gasteiger charge is -2.04. The number of thioether (sulfide) groups is 1. The third kappa shape index (κ3) is 4.95. The summed E-state index contributed by atoms with van der Waals surface area (Å²) >= 11 is 2.85. The van der Waals surface area contributed by atoms with Crippen molar-refractivity contribution in [3.63, 3.8) is 0 Å². The van der Waals surface area contributed by atoms with Crippen LogP contribution in [0.1, 0.15) is 5.56 Å². The molecule has 5 aromatic rings. The zero-order chi connectivity index (χ0) is 23.5. The first kappa shape index (κ1) is 22.1. The lowest BCUT2D eigenvalue weighted by Crippen LogP contribution is -2.13. The smallest absolute Gasteiger partial charge is 0.277 e. The third-order valence-corrected chi connectivity index (χ3v) is 6.92. The molecule has 0 aliphatic carbocycles. The van der Waals surface area contributed by atoms with E-state index in [0.29, 0.717) is 11.1 Å². The zero-order valence-electron chi connectivity index (χ0n) is 18.4. The van der Waals surface area contributed by atoms with E-state index in [1.54, 1.807) is 18.4 Å². The number of thiazole rings is 1. The highest BCUT2D eigenvalue weighted by Gasteiger charge is 2.12. The van der Waals surface area contributed by atoms with E-state index in [1.165, 1.54) is 22.0 Å². The van der Waals surface area contributed by atoms with Crippen LogP contribution in [0, 0.1) is 6.92 Å². The maximum atomic E-state index is 12.4. The molecule has 2 aromatic heterocycles. The number of nitrogens with one attached hydrogen (secondary N) is 1. The molecule has 34 heavy (non-hydrogen) atoms. The van der Waals surface area contributed by atoms with Gasteiger partial charge < -0.3 is 14.5 Å². The number of hydrogen-bond acceptors (Lipinski definition) is 8. The summed E-state index contributed by atoms with van der Waals surface area (Å²) in [6, 6.07) is 21.3. The van der Waals surface area contributed by atoms with Crippen molar-refractivity contribution in [3.05, 3.63) is 72.3 Å². The number of hydrogen-bond donors (Lipinski definition) is 1. The van der Waals surface area contributed by atoms with Gasteiger partial charge in [-0.2, -0.15) is 0 Å². The van der Waals surface area contributed by atoms with Gasteiger partial charge in [0.2, 0.25) is 11.8 Å². The van der Waals surface area contributed by atoms with Crippen LogP contribution in [0.3, 0.4) is 0 Å². The van der Waals surface area contributed by atoms with Gasteiger partial charge >= 0.3 is 0 Å². The minimum absolute atomic E-state index is 0.155. The lowest BCUT2D eigenvalue weighted by molar-refractivity contribution is -0.113. The first-order valence-electron chi connectivity index (χ1n) is 10.5. The number of nitrogens with zero attached hydrogens (tertiary/aromatic N) is 3. The Balaban J connectivity index is 1.17. The highest BCUT2D eigenvalue weighted by atomic mass is 32.2. The average Bonchev–Trinajstić information content (AvgIpc) is 3.50. The highest BCUT2D eigenvalue weighted by Crippen LogP contribution is 2.31. The summed E-state index contributed by atoms with van der Waals surface area (Å²) in [6.45, 7) is 2.08. The van der Waals surface area contributed by atoms with E-state index in [-0.39, 0.29) is 11.7 Å². The molecule has 1 amide bonds. The Bertz CT molecular complexity index is 1440. The van der Waals surface area contributed by atoms with Gasteiger partial charge in [0.1, 0.15) is 10.8 Å². The molecule has 0 atom stereocenters. The van der Waals surface area contributed by atoms with E-state index >= 15 is 0 Å². The van der Waals surface area contributed by atoms with Gasteiger partial charge in [-0.15, -0.1) is 21.5 Å². The molecule has 0 saturated carbocycles. The summed E-state index contributed by atoms with van der Waals surface area (Å²) in [7, 11) is 1.61. The summed E-state index contributed by atoms with van der Waals surface area (Å²) in [5, 5.41) is 12.2. The average molecular weight is 489 g/mol. The first-order chi connectivity index (χ1) is 16.6. The molecule has 1 N–H and O–H groups in total. The Labute approximate surface area is 204 Å². The molecule has 0 spiro atoms. The van der Waals surface area contributed by atoms with Gasteiger partial charge in [-0.05, 0) is 73.2 Å². The van der Waals surface area contributed by atoms with Crippen molar-refractivity contribution >= 4 is 44.9 Å². The molecule has 0 aliphatic rings. The van der Waals surface area contributed by atoms with E-state index in [9.17, 15) is 4.79 Å². The fraction of sp³-hybridized carbons (Fsp3) is 0.120. The van der Waals surface area contributed by atoms with Crippen LogP contribution in [0.15, 0.2) is 76.4 Å². The standard InChI is InChI=1S/C25H20N4O3S2/c1-15-3-12-20-21(13-15)34-24(27-20)17-4-8-18(9-5-17)26-22(30)14-33-25-29-28-23(32-25)16-6-10-19(31-2)11-7-16/h3-13H,14H2,1-2H3,(H,26,30). The van der Waals surface area contributed by atoms with Crippen LogP contribution < -0.4 is 10.1 Å². The molecule has 2 heterocycles. The van der Waals surface area contributed by atoms with Crippen molar-refractivity contribution in [3.8, 4) is 27.8 Å². The van der Waals surface area contributed by atoms with Gasteiger partial charge in [-0.1, -0.05) is 17.8 Å². The summed E-state index contributed by atoms with van der Waals surface area (Å²) in [4.78, 5) is 17.1. The normalized spacial score (nSPS) is 11.0. The second kappa shape index (κ2) is 9.66. The topological polar surface area (TPSA) is 90.1 Å². The quantitative estimate of drug-likeness (QED) is 0.278. The molecule has 0 bridgehead atoms. The van der Waals surface area contributed by atoms with Crippen molar-refractivity contribution in [1.29, 1.82) is 0 Å². The van der Waals surface area contributed by atoms with Crippen molar-refractivity contribution in [2.75, 3.05) is 18.2 Å². The molecule has 0 radical (unpaired) electrons. The molecule has 0 aliphatic heterocycles. The Morgan fingerprint density at radius 2 is 1.79 bits per heavy atom. The lowest BCUT2D eigenvalue weighted by atomic mass is 10.2. The Morgan fingerprint density at radius 3 is 2.56 bits per heavy atom. The number of aryl methyl sites for hydroxylation is 1. The monoisotopic (exact) mass is 488 g/mol. The molecular weight excluding hydrogens is 468 g/mol. The van der Waals surface area contributed by atoms with Gasteiger partial charge in [0.15, 0.2) is 0 Å². The van der Waals surface area contributed by atoms with Crippen LogP contribution in [0.25, 0.3) is 32.2 Å². The van der Waals surface area contributed by atoms with Crippen LogP contribution >= 0.6 is 23.1 Å². The van der Waals surface area contributed by atoms with Gasteiger partial charge in [0, 0.05) is 16.8 Å². The second-order valence-corrected chi connectivity index (χ2v) is 9.46. The number of carbonyl (C=O) groups is 1. The third-order valence-electron chi connectivity index (χ3n) is 5.03. The Hall–Kier alpha value is -3.69. The van der Waals surface area contributed by atoms with Crippen LogP contribution in [-0.2, 0) is 4.79 Å². The van der Waals surface area contributed by atoms with Crippen LogP contribution in [0.5, 0.6) is 5.75 Å². The van der Waals surface area contributed by atoms with Crippen molar-refractivity contribution in [2.24, 2.45) is 0 Å². The van der Waals surface area contributed by atoms with Crippen LogP contribution in [0.2, 0.25) is 0 Å². The maximum absolute atomic E-state index is 12.4. The van der Waals surface area contributed by atoms with Crippen molar-refractivity contribution in [1.82, 2.24) is 15.2 Å². The fourth-order valence-corrected chi connectivity index (χ4v) is 4.93. The summed E-state index contributed by atoms with van der Waals surface area (Å²) in [6.07, 6.45) is 0. The molecular formula is C25H20N4O3S2. The van der Waals surface area contributed by atoms with Gasteiger partial charge in [0.25, 0.3) is 5.22 Å². The Morgan fingerprint density at radius 1 is 1.03 bits per heavy atom. The van der Waals surface area contributed by atoms with Crippen LogP contribution in [-0.4, -0.2) is 34.0 Å². The summed E-state index contributed by atoms with van der Waals surface area (Å²) in [5.41, 5.74) is 4.74. The van der Waals surface area contributed by atoms with Gasteiger partial charge in [-0.25, -0.2) is 4.98 Å². The number of ether oxygens (including phenoxy) is 1.